The van der Waals surface area contributed by atoms with Crippen molar-refractivity contribution in [1.29, 1.82) is 0 Å². The number of hydrogen-bond donors (Lipinski definition) is 4. The Labute approximate surface area is 377 Å². The van der Waals surface area contributed by atoms with Gasteiger partial charge in [-0.05, 0) is 77.6 Å². The first kappa shape index (κ1) is 44.7. The summed E-state index contributed by atoms with van der Waals surface area (Å²) in [6, 6.07) is 21.2. The van der Waals surface area contributed by atoms with Gasteiger partial charge in [0, 0.05) is 37.1 Å². The second-order valence-electron chi connectivity index (χ2n) is 17.1. The van der Waals surface area contributed by atoms with Gasteiger partial charge in [0.2, 0.25) is 5.91 Å². The molecule has 340 valence electrons. The number of fused-ring (bicyclic) bond motifs is 6. The van der Waals surface area contributed by atoms with Crippen LogP contribution >= 0.6 is 0 Å². The number of aromatic amines is 2. The molecule has 0 unspecified atom stereocenters. The fraction of sp³-hybridized carbons (Fsp3) is 0.388. The van der Waals surface area contributed by atoms with Crippen molar-refractivity contribution in [2.24, 2.45) is 11.8 Å². The third-order valence-electron chi connectivity index (χ3n) is 12.5. The van der Waals surface area contributed by atoms with Crippen LogP contribution in [0.2, 0.25) is 0 Å². The van der Waals surface area contributed by atoms with E-state index in [4.69, 9.17) is 28.9 Å². The molecular weight excluding hydrogens is 829 g/mol. The van der Waals surface area contributed by atoms with Crippen LogP contribution in [-0.2, 0) is 30.4 Å². The zero-order valence-corrected chi connectivity index (χ0v) is 37.8. The Kier molecular flexibility index (Phi) is 13.1. The van der Waals surface area contributed by atoms with E-state index in [0.29, 0.717) is 49.9 Å². The van der Waals surface area contributed by atoms with Crippen LogP contribution in [0, 0.1) is 11.8 Å². The highest BCUT2D eigenvalue weighted by molar-refractivity contribution is 6.07. The molecule has 0 bridgehead atoms. The molecule has 6 aromatic rings. The van der Waals surface area contributed by atoms with Gasteiger partial charge in [0.15, 0.2) is 0 Å². The molecule has 5 atom stereocenters. The number of amides is 4. The van der Waals surface area contributed by atoms with E-state index in [0.717, 1.165) is 61.9 Å². The Hall–Kier alpha value is -6.94. The summed E-state index contributed by atoms with van der Waals surface area (Å²) in [6.45, 7) is 9.46. The van der Waals surface area contributed by atoms with Crippen molar-refractivity contribution in [3.05, 3.63) is 102 Å². The van der Waals surface area contributed by atoms with Crippen molar-refractivity contribution < 1.29 is 38.1 Å². The summed E-state index contributed by atoms with van der Waals surface area (Å²) in [6.07, 6.45) is 1.79. The topological polar surface area (TPSA) is 193 Å². The summed E-state index contributed by atoms with van der Waals surface area (Å²) in [5, 5.41) is 7.35. The number of carbonyl (C=O) groups is 4. The number of rotatable bonds is 14. The monoisotopic (exact) mass is 884 g/mol. The summed E-state index contributed by atoms with van der Waals surface area (Å²) in [5.74, 6) is 1.47. The van der Waals surface area contributed by atoms with Gasteiger partial charge in [0.25, 0.3) is 5.91 Å². The molecule has 0 spiro atoms. The fourth-order valence-electron chi connectivity index (χ4n) is 9.15. The second kappa shape index (κ2) is 19.0. The quantitative estimate of drug-likeness (QED) is 0.0834. The van der Waals surface area contributed by atoms with Crippen molar-refractivity contribution >= 4 is 45.8 Å². The number of benzene rings is 4. The van der Waals surface area contributed by atoms with E-state index in [9.17, 15) is 19.2 Å². The first-order chi connectivity index (χ1) is 31.4. The van der Waals surface area contributed by atoms with Gasteiger partial charge in [-0.1, -0.05) is 69.3 Å². The zero-order valence-electron chi connectivity index (χ0n) is 37.8. The Morgan fingerprint density at radius 3 is 2.42 bits per heavy atom. The Morgan fingerprint density at radius 2 is 1.69 bits per heavy atom. The number of alkyl carbamates (subject to hydrolysis) is 2. The first-order valence-electron chi connectivity index (χ1n) is 22.0. The highest BCUT2D eigenvalue weighted by atomic mass is 16.5. The lowest BCUT2D eigenvalue weighted by Gasteiger charge is -2.33. The smallest absolute Gasteiger partial charge is 0.407 e. The molecule has 0 saturated carbocycles. The average molecular weight is 885 g/mol. The largest absolute Gasteiger partial charge is 0.488 e. The molecule has 2 aromatic heterocycles. The second-order valence-corrected chi connectivity index (χ2v) is 17.1. The van der Waals surface area contributed by atoms with Crippen LogP contribution in [0.25, 0.3) is 44.2 Å². The highest BCUT2D eigenvalue weighted by Gasteiger charge is 2.41. The fourth-order valence-corrected chi connectivity index (χ4v) is 9.15. The molecule has 65 heavy (non-hydrogen) atoms. The van der Waals surface area contributed by atoms with E-state index in [1.165, 1.54) is 14.2 Å². The van der Waals surface area contributed by atoms with Gasteiger partial charge >= 0.3 is 12.2 Å². The van der Waals surface area contributed by atoms with E-state index in [-0.39, 0.29) is 29.7 Å². The Morgan fingerprint density at radius 1 is 0.923 bits per heavy atom. The molecule has 16 nitrogen and oxygen atoms in total. The third kappa shape index (κ3) is 8.95. The van der Waals surface area contributed by atoms with Gasteiger partial charge in [-0.25, -0.2) is 19.6 Å². The van der Waals surface area contributed by atoms with Crippen molar-refractivity contribution in [3.63, 3.8) is 0 Å². The number of hydrogen-bond acceptors (Lipinski definition) is 10. The SMILES string of the molecule is CCCN(C(=O)[C@@H](NC(=O)OC)C(C)C)[C@@H](C)c1ncc(-c2ccc3c(c2)COc2cc4c(ccc5[nH]c([C@@H]6C[C@H](COC)CN6C(=O)[C@H](NC(=O)OC)c6ccccc6)nc54)cc2-3)[nH]1. The number of ether oxygens (including phenoxy) is 4. The molecule has 1 saturated heterocycles. The summed E-state index contributed by atoms with van der Waals surface area (Å²) >= 11 is 0. The lowest BCUT2D eigenvalue weighted by molar-refractivity contribution is -0.137. The van der Waals surface area contributed by atoms with Gasteiger partial charge in [0.05, 0.1) is 55.8 Å². The number of aromatic nitrogens is 4. The lowest BCUT2D eigenvalue weighted by Crippen LogP contribution is -2.52. The number of imidazole rings is 2. The normalized spacial score (nSPS) is 16.9. The molecular formula is C49H56N8O8. The molecule has 1 fully saturated rings. The summed E-state index contributed by atoms with van der Waals surface area (Å²) < 4.78 is 21.7. The summed E-state index contributed by atoms with van der Waals surface area (Å²) in [5.41, 5.74) is 7.02. The molecule has 4 heterocycles. The minimum absolute atomic E-state index is 0.0565. The lowest BCUT2D eigenvalue weighted by atomic mass is 9.92. The average Bonchev–Trinajstić information content (AvgIpc) is 4.10. The van der Waals surface area contributed by atoms with Gasteiger partial charge in [0.1, 0.15) is 36.1 Å². The molecule has 0 aliphatic carbocycles. The van der Waals surface area contributed by atoms with Crippen molar-refractivity contribution in [2.45, 2.75) is 71.3 Å². The molecule has 0 radical (unpaired) electrons. The molecule has 4 amide bonds. The van der Waals surface area contributed by atoms with E-state index < -0.39 is 30.3 Å². The maximum Gasteiger partial charge on any atom is 0.407 e. The molecule has 8 rings (SSSR count). The van der Waals surface area contributed by atoms with Crippen LogP contribution in [0.5, 0.6) is 5.75 Å². The van der Waals surface area contributed by atoms with Gasteiger partial charge in [-0.2, -0.15) is 0 Å². The zero-order chi connectivity index (χ0) is 45.9. The Balaban J connectivity index is 1.06. The van der Waals surface area contributed by atoms with Crippen LogP contribution in [0.1, 0.15) is 81.4 Å². The first-order valence-corrected chi connectivity index (χ1v) is 22.0. The Bertz CT molecular complexity index is 2710. The highest BCUT2D eigenvalue weighted by Crippen LogP contribution is 2.44. The van der Waals surface area contributed by atoms with Gasteiger partial charge < -0.3 is 49.3 Å². The third-order valence-corrected chi connectivity index (χ3v) is 12.5. The molecule has 16 heteroatoms. The van der Waals surface area contributed by atoms with E-state index in [2.05, 4.69) is 50.9 Å². The predicted molar refractivity (Wildman–Crippen MR) is 245 cm³/mol. The van der Waals surface area contributed by atoms with E-state index >= 15 is 0 Å². The van der Waals surface area contributed by atoms with Crippen molar-refractivity contribution in [3.8, 4) is 28.1 Å². The predicted octanol–water partition coefficient (Wildman–Crippen LogP) is 7.98. The molecule has 4 N–H and O–H groups in total. The summed E-state index contributed by atoms with van der Waals surface area (Å²) in [4.78, 5) is 73.2. The minimum atomic E-state index is -0.957. The van der Waals surface area contributed by atoms with Gasteiger partial charge in [-0.3, -0.25) is 9.59 Å². The number of methoxy groups -OCH3 is 3. The van der Waals surface area contributed by atoms with Crippen LogP contribution in [0.4, 0.5) is 9.59 Å². The van der Waals surface area contributed by atoms with E-state index in [1.54, 1.807) is 23.1 Å². The van der Waals surface area contributed by atoms with Crippen LogP contribution < -0.4 is 15.4 Å². The van der Waals surface area contributed by atoms with Crippen molar-refractivity contribution in [1.82, 2.24) is 40.4 Å². The standard InChI is InChI=1S/C49H56N8O8/c1-8-18-56(46(58)41(27(2)3)54-48(60)63-6)28(4)44-50-23-38(52-44)32-14-16-34-33(20-32)26-65-40-22-35-31(21-36(34)40)15-17-37-43(35)53-45(51-37)39-19-29(25-62-5)24-57(39)47(59)42(55-49(61)64-7)30-12-10-9-11-13-30/h9-17,20-23,27-29,39,41-42H,8,18-19,24-26H2,1-7H3,(H,50,52)(H,51,53)(H,54,60)(H,55,61)/t28-,29-,39-,41-,42+/m0/s1. The number of carbonyl (C=O) groups excluding carboxylic acids is 4. The molecule has 4 aromatic carbocycles. The number of nitrogens with one attached hydrogen (secondary N) is 4. The maximum absolute atomic E-state index is 14.4. The van der Waals surface area contributed by atoms with E-state index in [1.807, 2.05) is 70.2 Å². The van der Waals surface area contributed by atoms with Gasteiger partial charge in [-0.15, -0.1) is 0 Å². The number of likely N-dealkylation sites (tertiary alicyclic amines) is 1. The van der Waals surface area contributed by atoms with Crippen LogP contribution in [-0.4, -0.2) is 101 Å². The van der Waals surface area contributed by atoms with Crippen molar-refractivity contribution in [2.75, 3.05) is 41.0 Å². The minimum Gasteiger partial charge on any atom is -0.488 e. The molecule has 2 aliphatic heterocycles. The van der Waals surface area contributed by atoms with Crippen LogP contribution in [0.3, 0.4) is 0 Å². The number of nitrogens with zero attached hydrogens (tertiary/aromatic N) is 4. The molecule has 2 aliphatic rings. The van der Waals surface area contributed by atoms with Crippen LogP contribution in [0.15, 0.2) is 79.0 Å². The summed E-state index contributed by atoms with van der Waals surface area (Å²) in [7, 11) is 4.21. The number of H-pyrrole nitrogens is 2. The maximum atomic E-state index is 14.4.